The van der Waals surface area contributed by atoms with E-state index in [2.05, 4.69) is 5.32 Å². The number of hydrogen-bond acceptors (Lipinski definition) is 4. The van der Waals surface area contributed by atoms with E-state index in [1.807, 2.05) is 44.2 Å². The van der Waals surface area contributed by atoms with Gasteiger partial charge >= 0.3 is 0 Å². The molecule has 5 heteroatoms. The third-order valence-corrected chi connectivity index (χ3v) is 4.91. The third kappa shape index (κ3) is 3.75. The van der Waals surface area contributed by atoms with Crippen LogP contribution in [0.15, 0.2) is 30.3 Å². The first-order chi connectivity index (χ1) is 9.32. The first kappa shape index (κ1) is 17.0. The first-order valence-corrected chi connectivity index (χ1v) is 7.86. The van der Waals surface area contributed by atoms with Crippen LogP contribution in [0.3, 0.4) is 0 Å². The molecule has 0 aliphatic rings. The summed E-state index contributed by atoms with van der Waals surface area (Å²) in [5.41, 5.74) is 0.838. The van der Waals surface area contributed by atoms with Gasteiger partial charge in [0.15, 0.2) is 5.78 Å². The van der Waals surface area contributed by atoms with Gasteiger partial charge in [-0.1, -0.05) is 32.0 Å². The quantitative estimate of drug-likeness (QED) is 0.620. The van der Waals surface area contributed by atoms with E-state index in [4.69, 9.17) is 0 Å². The summed E-state index contributed by atoms with van der Waals surface area (Å²) >= 11 is -1.45. The summed E-state index contributed by atoms with van der Waals surface area (Å²) in [7, 11) is 1.80. The lowest BCUT2D eigenvalue weighted by molar-refractivity contribution is -0.123. The molecule has 0 fully saturated rings. The van der Waals surface area contributed by atoms with Crippen LogP contribution in [0.25, 0.3) is 0 Å². The lowest BCUT2D eigenvalue weighted by atomic mass is 9.98. The van der Waals surface area contributed by atoms with Crippen molar-refractivity contribution in [2.75, 3.05) is 18.0 Å². The Morgan fingerprint density at radius 2 is 1.90 bits per heavy atom. The lowest BCUT2D eigenvalue weighted by Crippen LogP contribution is -2.53. The molecular weight excluding hydrogens is 272 g/mol. The Kier molecular flexibility index (Phi) is 6.05. The molecule has 0 bridgehead atoms. The van der Waals surface area contributed by atoms with E-state index >= 15 is 0 Å². The molecule has 0 saturated heterocycles. The fraction of sp³-hybridized carbons (Fsp3) is 0.533. The minimum atomic E-state index is -1.45. The second kappa shape index (κ2) is 7.11. The minimum absolute atomic E-state index is 0.00728. The normalized spacial score (nSPS) is 13.3. The van der Waals surface area contributed by atoms with E-state index in [1.165, 1.54) is 0 Å². The molecule has 0 saturated carbocycles. The predicted molar refractivity (Wildman–Crippen MR) is 84.9 cm³/mol. The van der Waals surface area contributed by atoms with Crippen LogP contribution in [0.4, 0.5) is 5.69 Å². The Morgan fingerprint density at radius 3 is 2.35 bits per heavy atom. The molecule has 1 unspecified atom stereocenters. The Morgan fingerprint density at radius 1 is 1.35 bits per heavy atom. The molecule has 112 valence electrons. The van der Waals surface area contributed by atoms with Crippen molar-refractivity contribution in [3.8, 4) is 0 Å². The number of anilines is 1. The number of hydrogen-bond donors (Lipinski definition) is 1. The molecule has 4 nitrogen and oxygen atoms in total. The van der Waals surface area contributed by atoms with Gasteiger partial charge in [-0.25, -0.2) is 0 Å². The number of nitrogens with zero attached hydrogens (tertiary/aromatic N) is 1. The summed E-state index contributed by atoms with van der Waals surface area (Å²) in [6.45, 7) is 7.60. The van der Waals surface area contributed by atoms with Gasteiger partial charge in [0, 0.05) is 5.92 Å². The molecule has 20 heavy (non-hydrogen) atoms. The molecule has 0 spiro atoms. The van der Waals surface area contributed by atoms with Crippen LogP contribution in [0.5, 0.6) is 0 Å². The number of ketones is 1. The zero-order valence-electron chi connectivity index (χ0n) is 12.8. The van der Waals surface area contributed by atoms with Gasteiger partial charge in [0.2, 0.25) is 4.75 Å². The maximum Gasteiger partial charge on any atom is 0.202 e. The molecule has 1 N–H and O–H groups in total. The number of nitrogens with one attached hydrogen (secondary N) is 1. The topological polar surface area (TPSA) is 55.4 Å². The number of carbonyl (C=O) groups excluding carboxylic acids is 1. The SMILES string of the molecule is CNCN(c1ccccc1)[S+]([O-])C(C)(C)C(=O)C(C)C. The van der Waals surface area contributed by atoms with Gasteiger partial charge in [-0.2, -0.15) is 4.31 Å². The van der Waals surface area contributed by atoms with E-state index in [1.54, 1.807) is 25.2 Å². The van der Waals surface area contributed by atoms with Crippen molar-refractivity contribution in [3.05, 3.63) is 30.3 Å². The lowest BCUT2D eigenvalue weighted by Gasteiger charge is -2.35. The minimum Gasteiger partial charge on any atom is -0.592 e. The Balaban J connectivity index is 3.06. The number of rotatable bonds is 7. The van der Waals surface area contributed by atoms with Crippen molar-refractivity contribution in [1.82, 2.24) is 5.32 Å². The number of para-hydroxylation sites is 1. The van der Waals surface area contributed by atoms with E-state index in [0.717, 1.165) is 5.69 Å². The van der Waals surface area contributed by atoms with Crippen LogP contribution in [0.2, 0.25) is 0 Å². The summed E-state index contributed by atoms with van der Waals surface area (Å²) in [6, 6.07) is 9.49. The molecule has 1 aromatic carbocycles. The first-order valence-electron chi connectivity index (χ1n) is 6.75. The van der Waals surface area contributed by atoms with Crippen LogP contribution in [0, 0.1) is 5.92 Å². The van der Waals surface area contributed by atoms with Crippen LogP contribution < -0.4 is 9.62 Å². The van der Waals surface area contributed by atoms with Gasteiger partial charge in [0.1, 0.15) is 6.67 Å². The molecule has 0 amide bonds. The summed E-state index contributed by atoms with van der Waals surface area (Å²) in [5, 5.41) is 3.01. The molecular formula is C15H24N2O2S. The standard InChI is InChI=1S/C15H24N2O2S/c1-12(2)14(18)15(3,4)20(19)17(11-16-5)13-9-7-6-8-10-13/h6-10,12,16H,11H2,1-5H3. The molecule has 0 aliphatic carbocycles. The number of Topliss-reactive ketones (excluding diaryl/α,β-unsaturated/α-hetero) is 1. The zero-order chi connectivity index (χ0) is 15.3. The highest BCUT2D eigenvalue weighted by molar-refractivity contribution is 7.94. The van der Waals surface area contributed by atoms with Gasteiger partial charge in [-0.3, -0.25) is 10.1 Å². The summed E-state index contributed by atoms with van der Waals surface area (Å²) in [6.07, 6.45) is 0. The molecule has 1 atom stereocenters. The maximum absolute atomic E-state index is 12.9. The Bertz CT molecular complexity index is 435. The highest BCUT2D eigenvalue weighted by atomic mass is 32.2. The van der Waals surface area contributed by atoms with E-state index < -0.39 is 16.1 Å². The molecule has 0 aromatic heterocycles. The zero-order valence-corrected chi connectivity index (χ0v) is 13.7. The Labute approximate surface area is 124 Å². The fourth-order valence-corrected chi connectivity index (χ4v) is 3.56. The van der Waals surface area contributed by atoms with Crippen LogP contribution >= 0.6 is 0 Å². The molecule has 1 aromatic rings. The predicted octanol–water partition coefficient (Wildman–Crippen LogP) is 2.34. The number of carbonyl (C=O) groups is 1. The molecule has 1 rings (SSSR count). The average Bonchev–Trinajstić information content (AvgIpc) is 2.43. The van der Waals surface area contributed by atoms with Crippen molar-refractivity contribution in [2.45, 2.75) is 32.4 Å². The van der Waals surface area contributed by atoms with Gasteiger partial charge in [-0.15, -0.1) is 0 Å². The second-order valence-corrected chi connectivity index (χ2v) is 7.46. The van der Waals surface area contributed by atoms with Crippen molar-refractivity contribution >= 4 is 22.8 Å². The van der Waals surface area contributed by atoms with Gasteiger partial charge in [0.25, 0.3) is 0 Å². The van der Waals surface area contributed by atoms with Gasteiger partial charge < -0.3 is 4.55 Å². The summed E-state index contributed by atoms with van der Waals surface area (Å²) in [5.74, 6) is -0.131. The van der Waals surface area contributed by atoms with Crippen molar-refractivity contribution < 1.29 is 9.35 Å². The number of benzene rings is 1. The largest absolute Gasteiger partial charge is 0.592 e. The van der Waals surface area contributed by atoms with Crippen molar-refractivity contribution in [3.63, 3.8) is 0 Å². The maximum atomic E-state index is 12.9. The van der Waals surface area contributed by atoms with Gasteiger partial charge in [-0.05, 0) is 33.0 Å². The highest BCUT2D eigenvalue weighted by Gasteiger charge is 2.45. The summed E-state index contributed by atoms with van der Waals surface area (Å²) in [4.78, 5) is 12.3. The molecule has 0 aliphatic heterocycles. The van der Waals surface area contributed by atoms with Crippen molar-refractivity contribution in [1.29, 1.82) is 0 Å². The summed E-state index contributed by atoms with van der Waals surface area (Å²) < 4.78 is 13.7. The van der Waals surface area contributed by atoms with Crippen LogP contribution in [-0.4, -0.2) is 28.8 Å². The second-order valence-electron chi connectivity index (χ2n) is 5.50. The molecule has 0 heterocycles. The fourth-order valence-electron chi connectivity index (χ4n) is 2.04. The molecule has 0 radical (unpaired) electrons. The van der Waals surface area contributed by atoms with Crippen LogP contribution in [0.1, 0.15) is 27.7 Å². The average molecular weight is 296 g/mol. The van der Waals surface area contributed by atoms with E-state index in [-0.39, 0.29) is 11.7 Å². The third-order valence-electron chi connectivity index (χ3n) is 3.10. The van der Waals surface area contributed by atoms with Crippen LogP contribution in [-0.2, 0) is 16.2 Å². The van der Waals surface area contributed by atoms with Gasteiger partial charge in [0.05, 0.1) is 17.0 Å². The highest BCUT2D eigenvalue weighted by Crippen LogP contribution is 2.28. The van der Waals surface area contributed by atoms with E-state index in [0.29, 0.717) is 6.67 Å². The van der Waals surface area contributed by atoms with Crippen molar-refractivity contribution in [2.24, 2.45) is 5.92 Å². The Hall–Kier alpha value is -1.04. The monoisotopic (exact) mass is 296 g/mol. The van der Waals surface area contributed by atoms with E-state index in [9.17, 15) is 9.35 Å². The smallest absolute Gasteiger partial charge is 0.202 e.